The predicted molar refractivity (Wildman–Crippen MR) is 108 cm³/mol. The van der Waals surface area contributed by atoms with E-state index >= 15 is 0 Å². The van der Waals surface area contributed by atoms with E-state index in [-0.39, 0.29) is 24.3 Å². The largest absolute Gasteiger partial charge is 0.367 e. The minimum absolute atomic E-state index is 0.0191. The quantitative estimate of drug-likeness (QED) is 0.691. The van der Waals surface area contributed by atoms with E-state index in [1.807, 2.05) is 40.1 Å². The third-order valence-corrected chi connectivity index (χ3v) is 5.90. The first-order valence-electron chi connectivity index (χ1n) is 10.6. The Labute approximate surface area is 176 Å². The Kier molecular flexibility index (Phi) is 6.42. The van der Waals surface area contributed by atoms with E-state index in [0.29, 0.717) is 37.9 Å². The lowest BCUT2D eigenvalue weighted by atomic mass is 9.95. The van der Waals surface area contributed by atoms with Gasteiger partial charge in [-0.1, -0.05) is 35.5 Å². The van der Waals surface area contributed by atoms with E-state index in [2.05, 4.69) is 10.1 Å². The SMILES string of the molecule is CC(=O)N1CCC(c2noc(CC3CN(C(=O)COCc4ccccc4)C3)n2)CC1. The first-order valence-corrected chi connectivity index (χ1v) is 10.6. The third kappa shape index (κ3) is 5.05. The Bertz CT molecular complexity index is 855. The minimum Gasteiger partial charge on any atom is -0.367 e. The van der Waals surface area contributed by atoms with Crippen molar-refractivity contribution < 1.29 is 18.8 Å². The van der Waals surface area contributed by atoms with E-state index in [9.17, 15) is 9.59 Å². The Morgan fingerprint density at radius 1 is 1.13 bits per heavy atom. The van der Waals surface area contributed by atoms with E-state index in [0.717, 1.165) is 37.3 Å². The second kappa shape index (κ2) is 9.38. The van der Waals surface area contributed by atoms with E-state index < -0.39 is 0 Å². The summed E-state index contributed by atoms with van der Waals surface area (Å²) in [5.74, 6) is 2.11. The summed E-state index contributed by atoms with van der Waals surface area (Å²) in [6.07, 6.45) is 2.43. The highest BCUT2D eigenvalue weighted by Crippen LogP contribution is 2.27. The molecule has 160 valence electrons. The lowest BCUT2D eigenvalue weighted by molar-refractivity contribution is -0.143. The Hall–Kier alpha value is -2.74. The van der Waals surface area contributed by atoms with Crippen LogP contribution in [0.1, 0.15) is 43.0 Å². The van der Waals surface area contributed by atoms with Gasteiger partial charge in [0.25, 0.3) is 0 Å². The minimum atomic E-state index is 0.0191. The number of hydrogen-bond acceptors (Lipinski definition) is 6. The molecule has 0 aliphatic carbocycles. The van der Waals surface area contributed by atoms with Gasteiger partial charge in [-0.05, 0) is 18.4 Å². The summed E-state index contributed by atoms with van der Waals surface area (Å²) in [6, 6.07) is 9.83. The van der Waals surface area contributed by atoms with Crippen molar-refractivity contribution in [3.8, 4) is 0 Å². The van der Waals surface area contributed by atoms with Crippen molar-refractivity contribution in [3.63, 3.8) is 0 Å². The smallest absolute Gasteiger partial charge is 0.248 e. The molecule has 4 rings (SSSR count). The number of benzene rings is 1. The molecule has 1 aromatic heterocycles. The van der Waals surface area contributed by atoms with Crippen molar-refractivity contribution in [2.24, 2.45) is 5.92 Å². The molecule has 0 radical (unpaired) electrons. The fourth-order valence-corrected chi connectivity index (χ4v) is 4.04. The summed E-state index contributed by atoms with van der Waals surface area (Å²) in [4.78, 5) is 31.9. The van der Waals surface area contributed by atoms with Crippen LogP contribution in [0.4, 0.5) is 0 Å². The van der Waals surface area contributed by atoms with Crippen molar-refractivity contribution in [2.45, 2.75) is 38.7 Å². The van der Waals surface area contributed by atoms with Crippen LogP contribution in [-0.4, -0.2) is 64.5 Å². The molecule has 8 heteroatoms. The molecule has 8 nitrogen and oxygen atoms in total. The maximum atomic E-state index is 12.2. The van der Waals surface area contributed by atoms with Gasteiger partial charge in [-0.2, -0.15) is 4.98 Å². The highest BCUT2D eigenvalue weighted by molar-refractivity contribution is 5.78. The monoisotopic (exact) mass is 412 g/mol. The van der Waals surface area contributed by atoms with Crippen molar-refractivity contribution in [1.82, 2.24) is 19.9 Å². The molecule has 0 bridgehead atoms. The lowest BCUT2D eigenvalue weighted by Crippen LogP contribution is -2.52. The van der Waals surface area contributed by atoms with Gasteiger partial charge in [0.05, 0.1) is 6.61 Å². The molecule has 0 unspecified atom stereocenters. The van der Waals surface area contributed by atoms with Gasteiger partial charge in [0, 0.05) is 51.4 Å². The van der Waals surface area contributed by atoms with Gasteiger partial charge in [0.2, 0.25) is 17.7 Å². The van der Waals surface area contributed by atoms with Crippen LogP contribution in [-0.2, 0) is 27.4 Å². The predicted octanol–water partition coefficient (Wildman–Crippen LogP) is 2.01. The molecular weight excluding hydrogens is 384 g/mol. The van der Waals surface area contributed by atoms with Gasteiger partial charge in [0.1, 0.15) is 6.61 Å². The number of ether oxygens (including phenoxy) is 1. The second-order valence-corrected chi connectivity index (χ2v) is 8.17. The normalized spacial score (nSPS) is 17.8. The summed E-state index contributed by atoms with van der Waals surface area (Å²) in [5.41, 5.74) is 1.06. The zero-order chi connectivity index (χ0) is 20.9. The van der Waals surface area contributed by atoms with Crippen LogP contribution >= 0.6 is 0 Å². The molecule has 30 heavy (non-hydrogen) atoms. The van der Waals surface area contributed by atoms with Crippen LogP contribution in [0.15, 0.2) is 34.9 Å². The molecule has 1 aromatic carbocycles. The first kappa shape index (κ1) is 20.5. The number of likely N-dealkylation sites (tertiary alicyclic amines) is 2. The molecule has 0 atom stereocenters. The van der Waals surface area contributed by atoms with Crippen molar-refractivity contribution >= 4 is 11.8 Å². The van der Waals surface area contributed by atoms with Gasteiger partial charge in [0.15, 0.2) is 5.82 Å². The number of aromatic nitrogens is 2. The average molecular weight is 412 g/mol. The third-order valence-electron chi connectivity index (χ3n) is 5.90. The van der Waals surface area contributed by atoms with Gasteiger partial charge in [-0.15, -0.1) is 0 Å². The number of carbonyl (C=O) groups excluding carboxylic acids is 2. The summed E-state index contributed by atoms with van der Waals surface area (Å²) in [6.45, 7) is 5.04. The zero-order valence-corrected chi connectivity index (χ0v) is 17.3. The molecule has 2 saturated heterocycles. The molecule has 0 N–H and O–H groups in total. The average Bonchev–Trinajstić information content (AvgIpc) is 3.20. The van der Waals surface area contributed by atoms with Crippen LogP contribution < -0.4 is 0 Å². The maximum Gasteiger partial charge on any atom is 0.248 e. The van der Waals surface area contributed by atoms with E-state index in [1.165, 1.54) is 0 Å². The fraction of sp³-hybridized carbons (Fsp3) is 0.545. The zero-order valence-electron chi connectivity index (χ0n) is 17.3. The summed E-state index contributed by atoms with van der Waals surface area (Å²) >= 11 is 0. The molecule has 0 saturated carbocycles. The number of amides is 2. The molecule has 2 amide bonds. The molecule has 2 aliphatic rings. The summed E-state index contributed by atoms with van der Waals surface area (Å²) in [7, 11) is 0. The molecule has 2 aromatic rings. The van der Waals surface area contributed by atoms with Crippen molar-refractivity contribution in [2.75, 3.05) is 32.8 Å². The maximum absolute atomic E-state index is 12.2. The summed E-state index contributed by atoms with van der Waals surface area (Å²) in [5, 5.41) is 4.15. The van der Waals surface area contributed by atoms with Crippen LogP contribution in [0.3, 0.4) is 0 Å². The lowest BCUT2D eigenvalue weighted by Gasteiger charge is -2.38. The van der Waals surface area contributed by atoms with E-state index in [1.54, 1.807) is 6.92 Å². The highest BCUT2D eigenvalue weighted by atomic mass is 16.5. The summed E-state index contributed by atoms with van der Waals surface area (Å²) < 4.78 is 11.0. The Morgan fingerprint density at radius 2 is 1.87 bits per heavy atom. The van der Waals surface area contributed by atoms with Crippen LogP contribution in [0, 0.1) is 5.92 Å². The number of piperidine rings is 1. The molecule has 3 heterocycles. The second-order valence-electron chi connectivity index (χ2n) is 8.17. The van der Waals surface area contributed by atoms with Gasteiger partial charge in [-0.25, -0.2) is 0 Å². The Balaban J connectivity index is 1.16. The van der Waals surface area contributed by atoms with Crippen LogP contribution in [0.2, 0.25) is 0 Å². The molecule has 2 aliphatic heterocycles. The van der Waals surface area contributed by atoms with Crippen molar-refractivity contribution in [3.05, 3.63) is 47.6 Å². The van der Waals surface area contributed by atoms with Crippen LogP contribution in [0.5, 0.6) is 0 Å². The first-order chi connectivity index (χ1) is 14.6. The number of rotatable bonds is 7. The highest BCUT2D eigenvalue weighted by Gasteiger charge is 2.32. The molecule has 0 spiro atoms. The number of hydrogen-bond donors (Lipinski definition) is 0. The standard InChI is InChI=1S/C22H28N4O4/c1-16(27)25-9-7-19(8-10-25)22-23-20(30-24-22)11-18-12-26(13-18)21(28)15-29-14-17-5-3-2-4-6-17/h2-6,18-19H,7-15H2,1H3. The molecular formula is C22H28N4O4. The van der Waals surface area contributed by atoms with Crippen LogP contribution in [0.25, 0.3) is 0 Å². The van der Waals surface area contributed by atoms with Crippen molar-refractivity contribution in [1.29, 1.82) is 0 Å². The molecule has 2 fully saturated rings. The van der Waals surface area contributed by atoms with Gasteiger partial charge >= 0.3 is 0 Å². The van der Waals surface area contributed by atoms with Gasteiger partial charge < -0.3 is 19.1 Å². The fourth-order valence-electron chi connectivity index (χ4n) is 4.04. The van der Waals surface area contributed by atoms with Gasteiger partial charge in [-0.3, -0.25) is 9.59 Å². The topological polar surface area (TPSA) is 88.8 Å². The number of nitrogens with zero attached hydrogens (tertiary/aromatic N) is 4. The van der Waals surface area contributed by atoms with E-state index in [4.69, 9.17) is 9.26 Å². The number of carbonyl (C=O) groups is 2. The Morgan fingerprint density at radius 3 is 2.57 bits per heavy atom.